The highest BCUT2D eigenvalue weighted by Crippen LogP contribution is 2.83. The lowest BCUT2D eigenvalue weighted by atomic mass is 9.39. The molecule has 6 fully saturated rings. The number of fused-ring (bicyclic) bond motifs is 5. The van der Waals surface area contributed by atoms with Crippen molar-refractivity contribution in [1.29, 1.82) is 5.26 Å². The molecule has 5 unspecified atom stereocenters. The molecular weight excluding hydrogens is 380 g/mol. The lowest BCUT2D eigenvalue weighted by Crippen LogP contribution is -2.66. The van der Waals surface area contributed by atoms with Crippen molar-refractivity contribution >= 4 is 11.8 Å². The minimum atomic E-state index is -0.813. The highest BCUT2D eigenvalue weighted by Gasteiger charge is 2.88. The molecule has 4 saturated carbocycles. The number of epoxide rings is 1. The summed E-state index contributed by atoms with van der Waals surface area (Å²) in [4.78, 5) is 25.1. The highest BCUT2D eigenvalue weighted by molar-refractivity contribution is 6.00. The van der Waals surface area contributed by atoms with E-state index in [4.69, 9.17) is 15.2 Å². The summed E-state index contributed by atoms with van der Waals surface area (Å²) < 4.78 is 12.8. The molecule has 5 aliphatic carbocycles. The molecule has 30 heavy (non-hydrogen) atoms. The highest BCUT2D eigenvalue weighted by atomic mass is 16.6. The van der Waals surface area contributed by atoms with E-state index in [0.29, 0.717) is 42.9 Å². The van der Waals surface area contributed by atoms with Crippen molar-refractivity contribution in [2.24, 2.45) is 39.7 Å². The number of carbonyl (C=O) groups is 2. The summed E-state index contributed by atoms with van der Waals surface area (Å²) in [7, 11) is 0. The molecule has 2 saturated heterocycles. The van der Waals surface area contributed by atoms with Gasteiger partial charge in [0.1, 0.15) is 11.2 Å². The predicted octanol–water partition coefficient (Wildman–Crippen LogP) is 2.76. The normalized spacial score (nSPS) is 59.5. The smallest absolute Gasteiger partial charge is 0.306 e. The van der Waals surface area contributed by atoms with Gasteiger partial charge >= 0.3 is 5.97 Å². The number of carbonyl (C=O) groups excluding carboxylic acids is 2. The number of hydrogen-bond donors (Lipinski definition) is 1. The molecule has 0 radical (unpaired) electrons. The summed E-state index contributed by atoms with van der Waals surface area (Å²) in [5.74, 6) is 0.519. The van der Waals surface area contributed by atoms with Crippen LogP contribution in [-0.2, 0) is 19.1 Å². The van der Waals surface area contributed by atoms with Gasteiger partial charge < -0.3 is 15.2 Å². The van der Waals surface area contributed by atoms with Crippen molar-refractivity contribution in [2.75, 3.05) is 0 Å². The zero-order valence-electron chi connectivity index (χ0n) is 17.6. The van der Waals surface area contributed by atoms with E-state index in [1.54, 1.807) is 0 Å². The minimum absolute atomic E-state index is 0.0108. The second kappa shape index (κ2) is 4.65. The van der Waals surface area contributed by atoms with Crippen molar-refractivity contribution < 1.29 is 19.1 Å². The Bertz CT molecular complexity index is 1030. The van der Waals surface area contributed by atoms with Crippen molar-refractivity contribution in [2.45, 2.75) is 82.5 Å². The molecule has 2 N–H and O–H groups in total. The van der Waals surface area contributed by atoms with Crippen molar-refractivity contribution in [3.8, 4) is 6.07 Å². The molecule has 7 aliphatic rings. The average molecular weight is 408 g/mol. The molecule has 6 heteroatoms. The molecule has 0 aromatic carbocycles. The Morgan fingerprint density at radius 2 is 1.93 bits per heavy atom. The third kappa shape index (κ3) is 1.41. The van der Waals surface area contributed by atoms with E-state index in [0.717, 1.165) is 25.7 Å². The first-order valence-electron chi connectivity index (χ1n) is 11.5. The zero-order chi connectivity index (χ0) is 20.9. The lowest BCUT2D eigenvalue weighted by Gasteiger charge is -2.61. The van der Waals surface area contributed by atoms with Gasteiger partial charge in [-0.15, -0.1) is 0 Å². The number of Topliss-reactive ketones (excluding diaryl/α,β-unsaturated/α-hetero) is 1. The Hall–Kier alpha value is -1.87. The Morgan fingerprint density at radius 3 is 2.63 bits per heavy atom. The first kappa shape index (κ1) is 17.8. The van der Waals surface area contributed by atoms with Gasteiger partial charge in [0.05, 0.1) is 17.6 Å². The minimum Gasteiger partial charge on any atom is -0.458 e. The van der Waals surface area contributed by atoms with Crippen LogP contribution in [0.2, 0.25) is 0 Å². The van der Waals surface area contributed by atoms with Gasteiger partial charge in [-0.2, -0.15) is 5.26 Å². The van der Waals surface area contributed by atoms with Crippen LogP contribution in [0.1, 0.15) is 65.2 Å². The van der Waals surface area contributed by atoms with E-state index in [9.17, 15) is 14.9 Å². The van der Waals surface area contributed by atoms with Gasteiger partial charge in [0.2, 0.25) is 0 Å². The number of ether oxygens (including phenoxy) is 2. The standard InChI is InChI=1S/C24H28N2O4/c1-20-10-15-24(29-15)17(13(20)3-7-23(20)8-5-16(28)30-23)12-9-22(11-25)18(19(12)26)14(27)4-6-21(22,24)2/h12-13,15,17H,3-10,26H2,1-2H3/t12-,13?,15?,17?,20?,21?,22+,23-,24-/m1/s1. The molecule has 0 amide bonds. The van der Waals surface area contributed by atoms with Gasteiger partial charge in [-0.3, -0.25) is 9.59 Å². The number of nitrogens with zero attached hydrogens (tertiary/aromatic N) is 1. The molecule has 7 rings (SSSR count). The summed E-state index contributed by atoms with van der Waals surface area (Å²) in [6.07, 6.45) is 5.92. The molecule has 2 spiro atoms. The van der Waals surface area contributed by atoms with Crippen LogP contribution in [0.5, 0.6) is 0 Å². The molecule has 158 valence electrons. The summed E-state index contributed by atoms with van der Waals surface area (Å²) in [5.41, 5.74) is 5.90. The molecule has 2 aliphatic heterocycles. The summed E-state index contributed by atoms with van der Waals surface area (Å²) in [6.45, 7) is 4.51. The van der Waals surface area contributed by atoms with Crippen LogP contribution in [0.4, 0.5) is 0 Å². The number of nitriles is 1. The van der Waals surface area contributed by atoms with Crippen LogP contribution < -0.4 is 5.73 Å². The monoisotopic (exact) mass is 408 g/mol. The number of hydrogen-bond acceptors (Lipinski definition) is 6. The van der Waals surface area contributed by atoms with Crippen LogP contribution in [0.15, 0.2) is 11.3 Å². The maximum atomic E-state index is 13.0. The van der Waals surface area contributed by atoms with E-state index in [-0.39, 0.29) is 46.3 Å². The summed E-state index contributed by atoms with van der Waals surface area (Å²) in [6, 6.07) is 2.61. The van der Waals surface area contributed by atoms with Gasteiger partial charge in [-0.1, -0.05) is 13.8 Å². The third-order valence-corrected chi connectivity index (χ3v) is 11.3. The Labute approximate surface area is 176 Å². The van der Waals surface area contributed by atoms with Gasteiger partial charge in [0.25, 0.3) is 0 Å². The molecule has 6 nitrogen and oxygen atoms in total. The van der Waals surface area contributed by atoms with Crippen LogP contribution in [0, 0.1) is 45.3 Å². The van der Waals surface area contributed by atoms with Gasteiger partial charge in [-0.05, 0) is 44.4 Å². The van der Waals surface area contributed by atoms with E-state index in [2.05, 4.69) is 19.9 Å². The Kier molecular flexibility index (Phi) is 2.75. The fraction of sp³-hybridized carbons (Fsp3) is 0.792. The van der Waals surface area contributed by atoms with Crippen LogP contribution in [-0.4, -0.2) is 29.1 Å². The second-order valence-corrected chi connectivity index (χ2v) is 11.6. The van der Waals surface area contributed by atoms with Crippen molar-refractivity contribution in [3.05, 3.63) is 11.3 Å². The second-order valence-electron chi connectivity index (χ2n) is 11.6. The number of rotatable bonds is 0. The zero-order valence-corrected chi connectivity index (χ0v) is 17.6. The van der Waals surface area contributed by atoms with Crippen LogP contribution >= 0.6 is 0 Å². The van der Waals surface area contributed by atoms with Gasteiger partial charge in [0, 0.05) is 46.8 Å². The predicted molar refractivity (Wildman–Crippen MR) is 104 cm³/mol. The summed E-state index contributed by atoms with van der Waals surface area (Å²) >= 11 is 0. The number of esters is 1. The van der Waals surface area contributed by atoms with E-state index < -0.39 is 10.8 Å². The third-order valence-electron chi connectivity index (χ3n) is 11.3. The molecule has 9 atom stereocenters. The number of ketones is 1. The van der Waals surface area contributed by atoms with Gasteiger partial charge in [0.15, 0.2) is 5.78 Å². The maximum Gasteiger partial charge on any atom is 0.306 e. The first-order valence-corrected chi connectivity index (χ1v) is 11.5. The lowest BCUT2D eigenvalue weighted by molar-refractivity contribution is -0.171. The maximum absolute atomic E-state index is 13.0. The van der Waals surface area contributed by atoms with Crippen LogP contribution in [0.25, 0.3) is 0 Å². The Morgan fingerprint density at radius 1 is 1.13 bits per heavy atom. The van der Waals surface area contributed by atoms with E-state index in [1.165, 1.54) is 0 Å². The van der Waals surface area contributed by atoms with Crippen molar-refractivity contribution in [1.82, 2.24) is 0 Å². The molecule has 2 bridgehead atoms. The average Bonchev–Trinajstić information content (AvgIpc) is 3.01. The number of allylic oxidation sites excluding steroid dienone is 2. The number of nitrogens with two attached hydrogens (primary N) is 1. The molecule has 0 aromatic heterocycles. The fourth-order valence-electron chi connectivity index (χ4n) is 9.90. The summed E-state index contributed by atoms with van der Waals surface area (Å²) in [5, 5.41) is 10.4. The van der Waals surface area contributed by atoms with Crippen molar-refractivity contribution in [3.63, 3.8) is 0 Å². The molecular formula is C24H28N2O4. The van der Waals surface area contributed by atoms with Crippen LogP contribution in [0.3, 0.4) is 0 Å². The first-order chi connectivity index (χ1) is 14.2. The molecule has 2 heterocycles. The molecule has 0 aromatic rings. The quantitative estimate of drug-likeness (QED) is 0.488. The van der Waals surface area contributed by atoms with Gasteiger partial charge in [-0.25, -0.2) is 0 Å². The SMILES string of the molecule is CC12CC3O[C@@]34C(C1CC[C@@]21CCC(=O)O1)[C@H]1C[C@]2(C#N)C(=C1N)C(=O)CCC42C. The largest absolute Gasteiger partial charge is 0.458 e. The Balaban J connectivity index is 1.44. The topological polar surface area (TPSA) is 106 Å². The van der Waals surface area contributed by atoms with E-state index in [1.807, 2.05) is 0 Å². The van der Waals surface area contributed by atoms with E-state index >= 15 is 0 Å². The fourth-order valence-corrected chi connectivity index (χ4v) is 9.90.